The Kier molecular flexibility index (Phi) is 8.10. The van der Waals surface area contributed by atoms with Crippen LogP contribution in [0.25, 0.3) is 0 Å². The monoisotopic (exact) mass is 566 g/mol. The van der Waals surface area contributed by atoms with Gasteiger partial charge in [0.05, 0.1) is 22.4 Å². The lowest BCUT2D eigenvalue weighted by Gasteiger charge is -2.36. The molecule has 1 heterocycles. The quantitative estimate of drug-likeness (QED) is 0.172. The van der Waals surface area contributed by atoms with Gasteiger partial charge in [-0.1, -0.05) is 46.5 Å². The molecule has 10 heteroatoms. The number of Topliss-reactive ketones (excluding diaryl/α,β-unsaturated/α-hetero) is 1. The number of alkyl halides is 1. The number of rotatable bonds is 7. The van der Waals surface area contributed by atoms with Gasteiger partial charge in [-0.05, 0) is 68.7 Å². The lowest BCUT2D eigenvalue weighted by molar-refractivity contribution is -0.156. The maximum absolute atomic E-state index is 14.0. The zero-order valence-corrected chi connectivity index (χ0v) is 22.2. The van der Waals surface area contributed by atoms with E-state index in [4.69, 9.17) is 46.4 Å². The molecule has 1 fully saturated rings. The molecular weight excluding hydrogens is 546 g/mol. The summed E-state index contributed by atoms with van der Waals surface area (Å²) in [6, 6.07) is 9.13. The summed E-state index contributed by atoms with van der Waals surface area (Å²) in [5.41, 5.74) is 1.24. The van der Waals surface area contributed by atoms with Crippen LogP contribution >= 0.6 is 46.4 Å². The summed E-state index contributed by atoms with van der Waals surface area (Å²) in [6.07, 6.45) is 2.70. The number of fused-ring (bicyclic) bond motifs is 1. The van der Waals surface area contributed by atoms with Gasteiger partial charge in [-0.3, -0.25) is 19.2 Å². The van der Waals surface area contributed by atoms with Gasteiger partial charge in [0.1, 0.15) is 6.04 Å². The summed E-state index contributed by atoms with van der Waals surface area (Å²) in [5.74, 6) is -3.56. The number of hydrogen-bond donors (Lipinski definition) is 0. The third-order valence-electron chi connectivity index (χ3n) is 6.49. The molecule has 0 spiro atoms. The number of imide groups is 1. The summed E-state index contributed by atoms with van der Waals surface area (Å²) >= 11 is 24.4. The second-order valence-corrected chi connectivity index (χ2v) is 10.5. The molecule has 1 aliphatic heterocycles. The molecular formula is C26H22Cl4N2O4. The smallest absolute Gasteiger partial charge is 0.275 e. The highest BCUT2D eigenvalue weighted by Crippen LogP contribution is 2.40. The van der Waals surface area contributed by atoms with Gasteiger partial charge in [-0.25, -0.2) is 5.01 Å². The highest BCUT2D eigenvalue weighted by atomic mass is 35.5. The highest BCUT2D eigenvalue weighted by Gasteiger charge is 2.53. The topological polar surface area (TPSA) is 74.8 Å². The van der Waals surface area contributed by atoms with Crippen molar-refractivity contribution in [3.63, 3.8) is 0 Å². The van der Waals surface area contributed by atoms with Gasteiger partial charge in [-0.2, -0.15) is 5.01 Å². The Hall–Kier alpha value is -2.38. The van der Waals surface area contributed by atoms with E-state index in [0.717, 1.165) is 15.6 Å². The fourth-order valence-electron chi connectivity index (χ4n) is 4.66. The van der Waals surface area contributed by atoms with E-state index >= 15 is 0 Å². The molecule has 2 aliphatic rings. The van der Waals surface area contributed by atoms with Crippen LogP contribution in [0.5, 0.6) is 0 Å². The van der Waals surface area contributed by atoms with Crippen LogP contribution in [0.2, 0.25) is 15.1 Å². The van der Waals surface area contributed by atoms with Gasteiger partial charge < -0.3 is 0 Å². The molecule has 0 aromatic heterocycles. The van der Waals surface area contributed by atoms with Crippen LogP contribution in [0.4, 0.5) is 0 Å². The number of ketones is 1. The summed E-state index contributed by atoms with van der Waals surface area (Å²) in [4.78, 5) is 54.8. The first-order chi connectivity index (χ1) is 17.1. The molecule has 6 nitrogen and oxygen atoms in total. The zero-order chi connectivity index (χ0) is 26.1. The van der Waals surface area contributed by atoms with E-state index in [1.165, 1.54) is 30.3 Å². The van der Waals surface area contributed by atoms with Crippen LogP contribution < -0.4 is 0 Å². The minimum atomic E-state index is -1.25. The average Bonchev–Trinajstić information content (AvgIpc) is 3.08. The van der Waals surface area contributed by atoms with Crippen molar-refractivity contribution in [3.05, 3.63) is 80.3 Å². The molecule has 0 N–H and O–H groups in total. The van der Waals surface area contributed by atoms with E-state index in [2.05, 4.69) is 0 Å². The SMILES string of the molecule is CC1=CC[C@@H]2C(=O)N(N(C(=O)c3ccc(Cl)cc3Cl)[C@@H](CCCl)C(=O)c3ccc(Cl)cc3)C(=O)[C@@H]2C1. The zero-order valence-electron chi connectivity index (χ0n) is 19.2. The van der Waals surface area contributed by atoms with Crippen LogP contribution in [0.1, 0.15) is 46.9 Å². The van der Waals surface area contributed by atoms with E-state index in [0.29, 0.717) is 22.9 Å². The number of hydrogen-bond acceptors (Lipinski definition) is 4. The summed E-state index contributed by atoms with van der Waals surface area (Å²) < 4.78 is 0. The number of allylic oxidation sites excluding steroid dienone is 2. The van der Waals surface area contributed by atoms with E-state index in [1.54, 1.807) is 12.1 Å². The van der Waals surface area contributed by atoms with Crippen molar-refractivity contribution in [2.75, 3.05) is 5.88 Å². The second-order valence-electron chi connectivity index (χ2n) is 8.83. The lowest BCUT2D eigenvalue weighted by Crippen LogP contribution is -2.57. The maximum atomic E-state index is 14.0. The Balaban J connectivity index is 1.83. The van der Waals surface area contributed by atoms with Gasteiger partial charge in [0.2, 0.25) is 0 Å². The third-order valence-corrected chi connectivity index (χ3v) is 7.51. The second kappa shape index (κ2) is 10.9. The van der Waals surface area contributed by atoms with Crippen molar-refractivity contribution >= 4 is 69.9 Å². The van der Waals surface area contributed by atoms with Crippen LogP contribution in [-0.4, -0.2) is 45.4 Å². The molecule has 2 aromatic carbocycles. The number of amides is 3. The van der Waals surface area contributed by atoms with Crippen molar-refractivity contribution < 1.29 is 19.2 Å². The number of halogens is 4. The van der Waals surface area contributed by atoms with E-state index in [9.17, 15) is 19.2 Å². The Morgan fingerprint density at radius 2 is 1.64 bits per heavy atom. The number of carbonyl (C=O) groups is 4. The Labute approximate surface area is 228 Å². The van der Waals surface area contributed by atoms with Gasteiger partial charge in [0.15, 0.2) is 5.78 Å². The summed E-state index contributed by atoms with van der Waals surface area (Å²) in [6.45, 7) is 1.90. The minimum Gasteiger partial charge on any atom is -0.292 e. The third kappa shape index (κ3) is 5.05. The Morgan fingerprint density at radius 1 is 1.00 bits per heavy atom. The number of hydrazine groups is 1. The Morgan fingerprint density at radius 3 is 2.28 bits per heavy atom. The molecule has 188 valence electrons. The van der Waals surface area contributed by atoms with Crippen molar-refractivity contribution in [2.45, 2.75) is 32.2 Å². The van der Waals surface area contributed by atoms with Gasteiger partial charge >= 0.3 is 0 Å². The highest BCUT2D eigenvalue weighted by molar-refractivity contribution is 6.37. The van der Waals surface area contributed by atoms with Crippen LogP contribution in [0.15, 0.2) is 54.1 Å². The predicted octanol–water partition coefficient (Wildman–Crippen LogP) is 6.23. The predicted molar refractivity (Wildman–Crippen MR) is 139 cm³/mol. The van der Waals surface area contributed by atoms with Gasteiger partial charge in [-0.15, -0.1) is 11.6 Å². The number of benzene rings is 2. The molecule has 0 bridgehead atoms. The minimum absolute atomic E-state index is 0.00526. The Bertz CT molecular complexity index is 1260. The summed E-state index contributed by atoms with van der Waals surface area (Å²) in [7, 11) is 0. The first-order valence-electron chi connectivity index (χ1n) is 11.3. The number of nitrogens with zero attached hydrogens (tertiary/aromatic N) is 2. The van der Waals surface area contributed by atoms with Crippen LogP contribution in [-0.2, 0) is 9.59 Å². The molecule has 3 amide bonds. The van der Waals surface area contributed by atoms with E-state index < -0.39 is 41.4 Å². The lowest BCUT2D eigenvalue weighted by atomic mass is 9.82. The molecule has 0 radical (unpaired) electrons. The molecule has 1 aliphatic carbocycles. The van der Waals surface area contributed by atoms with E-state index in [-0.39, 0.29) is 28.5 Å². The standard InChI is InChI=1S/C26H22Cl4N2O4/c1-14-2-8-18-20(12-14)26(36)32(24(18)34)31(25(35)19-9-7-17(29)13-21(19)30)22(10-11-27)23(33)15-3-5-16(28)6-4-15/h2-7,9,13,18,20,22H,8,10-12H2,1H3/t18-,20+,22-/m0/s1. The van der Waals surface area contributed by atoms with Crippen molar-refractivity contribution in [1.82, 2.24) is 10.0 Å². The molecule has 2 aromatic rings. The van der Waals surface area contributed by atoms with Crippen LogP contribution in [0, 0.1) is 11.8 Å². The molecule has 36 heavy (non-hydrogen) atoms. The molecule has 4 rings (SSSR count). The first-order valence-corrected chi connectivity index (χ1v) is 13.0. The normalized spacial score (nSPS) is 20.1. The molecule has 3 atom stereocenters. The maximum Gasteiger partial charge on any atom is 0.275 e. The largest absolute Gasteiger partial charge is 0.292 e. The molecule has 0 unspecified atom stereocenters. The molecule has 0 saturated carbocycles. The molecule has 1 saturated heterocycles. The van der Waals surface area contributed by atoms with Crippen molar-refractivity contribution in [1.29, 1.82) is 0 Å². The number of carbonyl (C=O) groups excluding carboxylic acids is 4. The van der Waals surface area contributed by atoms with Gasteiger partial charge in [0.25, 0.3) is 17.7 Å². The average molecular weight is 568 g/mol. The van der Waals surface area contributed by atoms with Crippen molar-refractivity contribution in [2.24, 2.45) is 11.8 Å². The fourth-order valence-corrected chi connectivity index (χ4v) is 5.49. The van der Waals surface area contributed by atoms with Gasteiger partial charge in [0, 0.05) is 21.5 Å². The van der Waals surface area contributed by atoms with Crippen molar-refractivity contribution in [3.8, 4) is 0 Å². The fraction of sp³-hybridized carbons (Fsp3) is 0.308. The first kappa shape index (κ1) is 26.7. The van der Waals surface area contributed by atoms with E-state index in [1.807, 2.05) is 13.0 Å². The van der Waals surface area contributed by atoms with Crippen LogP contribution in [0.3, 0.4) is 0 Å². The summed E-state index contributed by atoms with van der Waals surface area (Å²) in [5, 5.41) is 2.53.